The van der Waals surface area contributed by atoms with E-state index in [0.29, 0.717) is 18.8 Å². The van der Waals surface area contributed by atoms with Crippen LogP contribution in [-0.2, 0) is 4.74 Å². The molecule has 0 fully saturated rings. The number of likely N-dealkylation sites (N-methyl/N-ethyl adjacent to an activating group) is 1. The van der Waals surface area contributed by atoms with E-state index in [0.717, 1.165) is 0 Å². The average Bonchev–Trinajstić information content (AvgIpc) is 2.44. The molecular formula is C15H23ClN4O3. The Kier molecular flexibility index (Phi) is 7.09. The van der Waals surface area contributed by atoms with Crippen LogP contribution in [0.1, 0.15) is 27.7 Å². The predicted octanol–water partition coefficient (Wildman–Crippen LogP) is 3.11. The number of nitrogens with zero attached hydrogens (tertiary/aromatic N) is 2. The number of amides is 3. The number of urea groups is 1. The fourth-order valence-electron chi connectivity index (χ4n) is 1.66. The molecule has 2 N–H and O–H groups in total. The Bertz CT molecular complexity index is 546. The number of ether oxygens (including phenoxy) is 1. The van der Waals surface area contributed by atoms with Crippen molar-refractivity contribution in [1.82, 2.24) is 15.2 Å². The largest absolute Gasteiger partial charge is 0.444 e. The fraction of sp³-hybridized carbons (Fsp3) is 0.533. The minimum Gasteiger partial charge on any atom is -0.444 e. The second-order valence-electron chi connectivity index (χ2n) is 5.78. The maximum atomic E-state index is 12.0. The van der Waals surface area contributed by atoms with Gasteiger partial charge in [0.15, 0.2) is 5.15 Å². The summed E-state index contributed by atoms with van der Waals surface area (Å²) in [5.74, 6) is 0. The molecule has 0 aromatic carbocycles. The Labute approximate surface area is 141 Å². The first kappa shape index (κ1) is 19.0. The minimum absolute atomic E-state index is 0.214. The summed E-state index contributed by atoms with van der Waals surface area (Å²) in [5, 5.41) is 5.46. The van der Waals surface area contributed by atoms with Crippen LogP contribution in [-0.4, -0.2) is 47.2 Å². The highest BCUT2D eigenvalue weighted by Gasteiger charge is 2.20. The fourth-order valence-corrected chi connectivity index (χ4v) is 1.82. The van der Waals surface area contributed by atoms with Gasteiger partial charge < -0.3 is 20.3 Å². The van der Waals surface area contributed by atoms with Crippen LogP contribution in [0.25, 0.3) is 0 Å². The maximum absolute atomic E-state index is 12.0. The lowest BCUT2D eigenvalue weighted by atomic mass is 10.2. The number of hydrogen-bond donors (Lipinski definition) is 2. The molecule has 7 nitrogen and oxygen atoms in total. The topological polar surface area (TPSA) is 83.6 Å². The lowest BCUT2D eigenvalue weighted by Crippen LogP contribution is -2.42. The minimum atomic E-state index is -0.549. The second-order valence-corrected chi connectivity index (χ2v) is 6.14. The van der Waals surface area contributed by atoms with Crippen molar-refractivity contribution in [3.05, 3.63) is 23.5 Å². The average molecular weight is 343 g/mol. The van der Waals surface area contributed by atoms with Gasteiger partial charge in [-0.2, -0.15) is 0 Å². The molecule has 0 aliphatic rings. The molecule has 0 radical (unpaired) electrons. The molecule has 8 heteroatoms. The normalized spacial score (nSPS) is 10.8. The molecule has 1 heterocycles. The van der Waals surface area contributed by atoms with Gasteiger partial charge in [0.05, 0.1) is 5.69 Å². The van der Waals surface area contributed by atoms with Crippen LogP contribution in [0.4, 0.5) is 15.3 Å². The summed E-state index contributed by atoms with van der Waals surface area (Å²) in [6.45, 7) is 8.40. The number of nitrogens with one attached hydrogen (secondary N) is 2. The van der Waals surface area contributed by atoms with E-state index in [9.17, 15) is 9.59 Å². The SMILES string of the molecule is CCN(CCNC(=O)Nc1cccnc1Cl)C(=O)OC(C)(C)C. The molecule has 0 saturated heterocycles. The van der Waals surface area contributed by atoms with Crippen LogP contribution in [0.2, 0.25) is 5.15 Å². The lowest BCUT2D eigenvalue weighted by Gasteiger charge is -2.26. The summed E-state index contributed by atoms with van der Waals surface area (Å²) < 4.78 is 5.29. The van der Waals surface area contributed by atoms with Crippen LogP contribution in [0, 0.1) is 0 Å². The number of rotatable bonds is 5. The standard InChI is InChI=1S/C15H23ClN4O3/c1-5-20(14(22)23-15(2,3)4)10-9-18-13(21)19-11-7-6-8-17-12(11)16/h6-8H,5,9-10H2,1-4H3,(H2,18,19,21). The number of pyridine rings is 1. The molecule has 1 rings (SSSR count). The van der Waals surface area contributed by atoms with Crippen molar-refractivity contribution < 1.29 is 14.3 Å². The lowest BCUT2D eigenvalue weighted by molar-refractivity contribution is 0.0263. The van der Waals surface area contributed by atoms with E-state index < -0.39 is 17.7 Å². The Morgan fingerprint density at radius 3 is 2.65 bits per heavy atom. The second kappa shape index (κ2) is 8.57. The number of hydrogen-bond acceptors (Lipinski definition) is 4. The van der Waals surface area contributed by atoms with Crippen molar-refractivity contribution in [2.75, 3.05) is 25.0 Å². The Hall–Kier alpha value is -2.02. The zero-order valence-electron chi connectivity index (χ0n) is 13.9. The highest BCUT2D eigenvalue weighted by Crippen LogP contribution is 2.16. The number of anilines is 1. The van der Waals surface area contributed by atoms with E-state index in [1.165, 1.54) is 11.1 Å². The molecule has 0 bridgehead atoms. The molecule has 1 aromatic rings. The van der Waals surface area contributed by atoms with E-state index in [1.807, 2.05) is 27.7 Å². The van der Waals surface area contributed by atoms with E-state index in [4.69, 9.17) is 16.3 Å². The number of carbonyl (C=O) groups excluding carboxylic acids is 2. The van der Waals surface area contributed by atoms with Crippen molar-refractivity contribution in [3.63, 3.8) is 0 Å². The molecule has 0 spiro atoms. The zero-order chi connectivity index (χ0) is 17.5. The Morgan fingerprint density at radius 2 is 2.09 bits per heavy atom. The highest BCUT2D eigenvalue weighted by molar-refractivity contribution is 6.32. The smallest absolute Gasteiger partial charge is 0.410 e. The summed E-state index contributed by atoms with van der Waals surface area (Å²) in [4.78, 5) is 29.1. The first-order valence-corrected chi connectivity index (χ1v) is 7.74. The monoisotopic (exact) mass is 342 g/mol. The van der Waals surface area contributed by atoms with Crippen LogP contribution < -0.4 is 10.6 Å². The van der Waals surface area contributed by atoms with Crippen LogP contribution >= 0.6 is 11.6 Å². The van der Waals surface area contributed by atoms with Gasteiger partial charge in [0.1, 0.15) is 5.60 Å². The zero-order valence-corrected chi connectivity index (χ0v) is 14.6. The summed E-state index contributed by atoms with van der Waals surface area (Å²) >= 11 is 5.86. The van der Waals surface area contributed by atoms with Crippen molar-refractivity contribution in [2.24, 2.45) is 0 Å². The Balaban J connectivity index is 2.41. The third-order valence-electron chi connectivity index (χ3n) is 2.71. The van der Waals surface area contributed by atoms with Crippen molar-refractivity contribution >= 4 is 29.4 Å². The van der Waals surface area contributed by atoms with E-state index in [1.54, 1.807) is 12.1 Å². The maximum Gasteiger partial charge on any atom is 0.410 e. The molecule has 0 aliphatic carbocycles. The van der Waals surface area contributed by atoms with Crippen LogP contribution in [0.3, 0.4) is 0 Å². The summed E-state index contributed by atoms with van der Waals surface area (Å²) in [7, 11) is 0. The number of carbonyl (C=O) groups is 2. The van der Waals surface area contributed by atoms with Crippen molar-refractivity contribution in [1.29, 1.82) is 0 Å². The highest BCUT2D eigenvalue weighted by atomic mass is 35.5. The van der Waals surface area contributed by atoms with Crippen LogP contribution in [0.5, 0.6) is 0 Å². The first-order valence-electron chi connectivity index (χ1n) is 7.36. The van der Waals surface area contributed by atoms with Gasteiger partial charge in [0.25, 0.3) is 0 Å². The Morgan fingerprint density at radius 1 is 1.39 bits per heavy atom. The number of aromatic nitrogens is 1. The third kappa shape index (κ3) is 7.19. The summed E-state index contributed by atoms with van der Waals surface area (Å²) in [6, 6.07) is 2.90. The summed E-state index contributed by atoms with van der Waals surface area (Å²) in [6.07, 6.45) is 1.13. The van der Waals surface area contributed by atoms with Gasteiger partial charge in [-0.25, -0.2) is 14.6 Å². The molecule has 128 valence electrons. The molecule has 23 heavy (non-hydrogen) atoms. The van der Waals surface area contributed by atoms with Gasteiger partial charge in [-0.1, -0.05) is 11.6 Å². The number of halogens is 1. The summed E-state index contributed by atoms with van der Waals surface area (Å²) in [5.41, 5.74) is -0.127. The van der Waals surface area contributed by atoms with Gasteiger partial charge in [-0.05, 0) is 39.8 Å². The van der Waals surface area contributed by atoms with Gasteiger partial charge in [-0.15, -0.1) is 0 Å². The molecule has 1 aromatic heterocycles. The van der Waals surface area contributed by atoms with E-state index >= 15 is 0 Å². The molecular weight excluding hydrogens is 320 g/mol. The van der Waals surface area contributed by atoms with Gasteiger partial charge in [0, 0.05) is 25.8 Å². The van der Waals surface area contributed by atoms with Crippen LogP contribution in [0.15, 0.2) is 18.3 Å². The van der Waals surface area contributed by atoms with Crippen molar-refractivity contribution in [2.45, 2.75) is 33.3 Å². The van der Waals surface area contributed by atoms with Gasteiger partial charge in [-0.3, -0.25) is 0 Å². The molecule has 0 unspecified atom stereocenters. The molecule has 3 amide bonds. The van der Waals surface area contributed by atoms with E-state index in [-0.39, 0.29) is 11.7 Å². The molecule has 0 atom stereocenters. The van der Waals surface area contributed by atoms with E-state index in [2.05, 4.69) is 15.6 Å². The first-order chi connectivity index (χ1) is 10.7. The quantitative estimate of drug-likeness (QED) is 0.805. The van der Waals surface area contributed by atoms with Crippen molar-refractivity contribution in [3.8, 4) is 0 Å². The molecule has 0 saturated carbocycles. The third-order valence-corrected chi connectivity index (χ3v) is 3.01. The molecule has 0 aliphatic heterocycles. The predicted molar refractivity (Wildman–Crippen MR) is 89.7 cm³/mol. The van der Waals surface area contributed by atoms with Gasteiger partial charge >= 0.3 is 12.1 Å². The van der Waals surface area contributed by atoms with Gasteiger partial charge in [0.2, 0.25) is 0 Å².